The first kappa shape index (κ1) is 14.1. The lowest BCUT2D eigenvalue weighted by molar-refractivity contribution is 0.385. The van der Waals surface area contributed by atoms with Crippen LogP contribution in [0.15, 0.2) is 12.1 Å². The van der Waals surface area contributed by atoms with E-state index < -0.39 is 0 Å². The molecule has 0 saturated heterocycles. The number of ether oxygens (including phenoxy) is 2. The zero-order valence-electron chi connectivity index (χ0n) is 10.8. The Balaban J connectivity index is 3.11. The van der Waals surface area contributed by atoms with E-state index in [1.54, 1.807) is 14.2 Å². The summed E-state index contributed by atoms with van der Waals surface area (Å²) in [5.41, 5.74) is 7.08. The van der Waals surface area contributed by atoms with E-state index in [4.69, 9.17) is 26.8 Å². The molecule has 0 aliphatic heterocycles. The van der Waals surface area contributed by atoms with Crippen LogP contribution < -0.4 is 15.2 Å². The third-order valence-electron chi connectivity index (χ3n) is 2.64. The molecule has 0 aliphatic carbocycles. The molecule has 0 aromatic heterocycles. The molecule has 0 spiro atoms. The molecule has 0 radical (unpaired) electrons. The van der Waals surface area contributed by atoms with E-state index in [2.05, 4.69) is 13.8 Å². The van der Waals surface area contributed by atoms with Gasteiger partial charge in [0.25, 0.3) is 0 Å². The number of nitrogens with two attached hydrogens (primary N) is 1. The zero-order valence-corrected chi connectivity index (χ0v) is 11.5. The topological polar surface area (TPSA) is 44.5 Å². The van der Waals surface area contributed by atoms with E-state index >= 15 is 0 Å². The molecule has 0 amide bonds. The number of hydrogen-bond donors (Lipinski definition) is 1. The highest BCUT2D eigenvalue weighted by molar-refractivity contribution is 6.33. The Labute approximate surface area is 108 Å². The Morgan fingerprint density at radius 2 is 1.88 bits per heavy atom. The van der Waals surface area contributed by atoms with Crippen LogP contribution in [-0.4, -0.2) is 14.2 Å². The summed E-state index contributed by atoms with van der Waals surface area (Å²) < 4.78 is 10.5. The number of benzene rings is 1. The van der Waals surface area contributed by atoms with Crippen LogP contribution in [0.2, 0.25) is 5.02 Å². The second-order valence-electron chi connectivity index (χ2n) is 4.44. The average Bonchev–Trinajstić information content (AvgIpc) is 2.27. The van der Waals surface area contributed by atoms with Crippen molar-refractivity contribution in [1.82, 2.24) is 0 Å². The zero-order chi connectivity index (χ0) is 13.0. The molecule has 1 aromatic carbocycles. The summed E-state index contributed by atoms with van der Waals surface area (Å²) in [6.45, 7) is 4.27. The molecule has 1 rings (SSSR count). The van der Waals surface area contributed by atoms with Crippen LogP contribution in [0.5, 0.6) is 11.5 Å². The van der Waals surface area contributed by atoms with Crippen molar-refractivity contribution in [3.63, 3.8) is 0 Å². The monoisotopic (exact) mass is 257 g/mol. The van der Waals surface area contributed by atoms with Crippen molar-refractivity contribution in [1.29, 1.82) is 0 Å². The Morgan fingerprint density at radius 3 is 2.35 bits per heavy atom. The Morgan fingerprint density at radius 1 is 1.24 bits per heavy atom. The van der Waals surface area contributed by atoms with Gasteiger partial charge in [0.15, 0.2) is 0 Å². The van der Waals surface area contributed by atoms with Gasteiger partial charge >= 0.3 is 0 Å². The Bertz CT molecular complexity index is 380. The lowest BCUT2D eigenvalue weighted by Crippen LogP contribution is -2.14. The maximum absolute atomic E-state index is 6.19. The minimum absolute atomic E-state index is 0.0756. The number of halogens is 1. The van der Waals surface area contributed by atoms with Crippen LogP contribution in [0.4, 0.5) is 0 Å². The molecule has 0 bridgehead atoms. The molecule has 1 aromatic rings. The highest BCUT2D eigenvalue weighted by Crippen LogP contribution is 2.39. The fraction of sp³-hybridized carbons (Fsp3) is 0.538. The van der Waals surface area contributed by atoms with Crippen molar-refractivity contribution < 1.29 is 9.47 Å². The van der Waals surface area contributed by atoms with Crippen LogP contribution >= 0.6 is 11.6 Å². The molecule has 1 unspecified atom stereocenters. The van der Waals surface area contributed by atoms with Gasteiger partial charge in [-0.1, -0.05) is 25.4 Å². The van der Waals surface area contributed by atoms with Gasteiger partial charge in [-0.3, -0.25) is 0 Å². The van der Waals surface area contributed by atoms with E-state index in [1.165, 1.54) is 0 Å². The second kappa shape index (κ2) is 6.12. The molecule has 17 heavy (non-hydrogen) atoms. The first-order valence-electron chi connectivity index (χ1n) is 5.67. The molecule has 4 heteroatoms. The summed E-state index contributed by atoms with van der Waals surface area (Å²) in [4.78, 5) is 0. The predicted octanol–water partition coefficient (Wildman–Crippen LogP) is 3.40. The van der Waals surface area contributed by atoms with Crippen molar-refractivity contribution in [3.8, 4) is 11.5 Å². The molecule has 1 atom stereocenters. The van der Waals surface area contributed by atoms with Gasteiger partial charge in [-0.25, -0.2) is 0 Å². The fourth-order valence-electron chi connectivity index (χ4n) is 1.84. The summed E-state index contributed by atoms with van der Waals surface area (Å²) in [5.74, 6) is 1.73. The molecular weight excluding hydrogens is 238 g/mol. The van der Waals surface area contributed by atoms with Crippen LogP contribution in [0.25, 0.3) is 0 Å². The lowest BCUT2D eigenvalue weighted by Gasteiger charge is -2.19. The van der Waals surface area contributed by atoms with Crippen molar-refractivity contribution in [2.75, 3.05) is 14.2 Å². The first-order chi connectivity index (χ1) is 8.01. The highest BCUT2D eigenvalue weighted by atomic mass is 35.5. The van der Waals surface area contributed by atoms with Gasteiger partial charge in [0.1, 0.15) is 16.5 Å². The maximum atomic E-state index is 6.19. The maximum Gasteiger partial charge on any atom is 0.146 e. The molecular formula is C13H20ClNO2. The minimum atomic E-state index is -0.0756. The quantitative estimate of drug-likeness (QED) is 0.879. The normalized spacial score (nSPS) is 12.6. The van der Waals surface area contributed by atoms with Crippen molar-refractivity contribution in [2.45, 2.75) is 26.3 Å². The fourth-order valence-corrected chi connectivity index (χ4v) is 2.17. The molecule has 0 heterocycles. The number of rotatable bonds is 5. The van der Waals surface area contributed by atoms with E-state index in [0.717, 1.165) is 12.0 Å². The summed E-state index contributed by atoms with van der Waals surface area (Å²) in [5, 5.41) is 0.478. The van der Waals surface area contributed by atoms with Gasteiger partial charge in [0.2, 0.25) is 0 Å². The molecule has 0 saturated carbocycles. The SMILES string of the molecule is COc1ccc(C(N)CC(C)C)c(OC)c1Cl. The molecule has 0 fully saturated rings. The van der Waals surface area contributed by atoms with E-state index in [-0.39, 0.29) is 6.04 Å². The third kappa shape index (κ3) is 3.27. The first-order valence-corrected chi connectivity index (χ1v) is 6.05. The lowest BCUT2D eigenvalue weighted by atomic mass is 9.97. The Hall–Kier alpha value is -0.930. The summed E-state index contributed by atoms with van der Waals surface area (Å²) in [6, 6.07) is 3.66. The van der Waals surface area contributed by atoms with E-state index in [9.17, 15) is 0 Å². The van der Waals surface area contributed by atoms with Crippen molar-refractivity contribution >= 4 is 11.6 Å². The van der Waals surface area contributed by atoms with E-state index in [1.807, 2.05) is 12.1 Å². The van der Waals surface area contributed by atoms with Crippen molar-refractivity contribution in [2.24, 2.45) is 11.7 Å². The predicted molar refractivity (Wildman–Crippen MR) is 70.9 cm³/mol. The number of methoxy groups -OCH3 is 2. The van der Waals surface area contributed by atoms with Crippen LogP contribution in [0, 0.1) is 5.92 Å². The van der Waals surface area contributed by atoms with Gasteiger partial charge in [0.05, 0.1) is 14.2 Å². The van der Waals surface area contributed by atoms with Gasteiger partial charge in [-0.15, -0.1) is 0 Å². The number of hydrogen-bond acceptors (Lipinski definition) is 3. The average molecular weight is 258 g/mol. The van der Waals surface area contributed by atoms with Gasteiger partial charge in [-0.05, 0) is 24.5 Å². The highest BCUT2D eigenvalue weighted by Gasteiger charge is 2.18. The molecule has 2 N–H and O–H groups in total. The standard InChI is InChI=1S/C13H20ClNO2/c1-8(2)7-10(15)9-5-6-11(16-3)12(14)13(9)17-4/h5-6,8,10H,7,15H2,1-4H3. The summed E-state index contributed by atoms with van der Waals surface area (Å²) >= 11 is 6.19. The van der Waals surface area contributed by atoms with Crippen LogP contribution in [0.1, 0.15) is 31.9 Å². The van der Waals surface area contributed by atoms with Crippen molar-refractivity contribution in [3.05, 3.63) is 22.7 Å². The van der Waals surface area contributed by atoms with E-state index in [0.29, 0.717) is 22.4 Å². The second-order valence-corrected chi connectivity index (χ2v) is 4.82. The minimum Gasteiger partial charge on any atom is -0.495 e. The summed E-state index contributed by atoms with van der Waals surface area (Å²) in [6.07, 6.45) is 0.888. The van der Waals surface area contributed by atoms with Gasteiger partial charge in [-0.2, -0.15) is 0 Å². The largest absolute Gasteiger partial charge is 0.495 e. The van der Waals surface area contributed by atoms with Crippen LogP contribution in [0.3, 0.4) is 0 Å². The van der Waals surface area contributed by atoms with Crippen LogP contribution in [-0.2, 0) is 0 Å². The van der Waals surface area contributed by atoms with Gasteiger partial charge in [0, 0.05) is 11.6 Å². The Kier molecular flexibility index (Phi) is 5.09. The summed E-state index contributed by atoms with van der Waals surface area (Å²) in [7, 11) is 3.17. The third-order valence-corrected chi connectivity index (χ3v) is 3.00. The molecule has 0 aliphatic rings. The van der Waals surface area contributed by atoms with Gasteiger partial charge < -0.3 is 15.2 Å². The smallest absolute Gasteiger partial charge is 0.146 e. The molecule has 96 valence electrons. The molecule has 3 nitrogen and oxygen atoms in total.